The topological polar surface area (TPSA) is 61.8 Å². The molecule has 136 valence electrons. The quantitative estimate of drug-likeness (QED) is 0.595. The summed E-state index contributed by atoms with van der Waals surface area (Å²) in [5.41, 5.74) is 2.34. The first-order valence-electron chi connectivity index (χ1n) is 9.64. The van der Waals surface area contributed by atoms with E-state index < -0.39 is 16.9 Å². The maximum Gasteiger partial charge on any atom is 0.316 e. The molecule has 26 heavy (non-hydrogen) atoms. The number of anilines is 1. The van der Waals surface area contributed by atoms with Gasteiger partial charge >= 0.3 is 5.97 Å². The van der Waals surface area contributed by atoms with E-state index in [1.807, 2.05) is 12.1 Å². The Morgan fingerprint density at radius 3 is 3.00 bits per heavy atom. The number of hydrogen-bond acceptors (Lipinski definition) is 5. The number of ether oxygens (including phenoxy) is 1. The number of benzene rings is 1. The summed E-state index contributed by atoms with van der Waals surface area (Å²) in [6, 6.07) is 8.89. The van der Waals surface area contributed by atoms with Gasteiger partial charge in [-0.05, 0) is 31.4 Å². The fourth-order valence-electron chi connectivity index (χ4n) is 7.49. The highest BCUT2D eigenvalue weighted by Crippen LogP contribution is 2.71. The zero-order chi connectivity index (χ0) is 17.8. The summed E-state index contributed by atoms with van der Waals surface area (Å²) >= 11 is 0. The lowest BCUT2D eigenvalue weighted by Crippen LogP contribution is -2.71. The molecule has 0 radical (unpaired) electrons. The average Bonchev–Trinajstić information content (AvgIpc) is 3.13. The van der Waals surface area contributed by atoms with Gasteiger partial charge in [-0.15, -0.1) is 0 Å². The van der Waals surface area contributed by atoms with Gasteiger partial charge in [0, 0.05) is 35.6 Å². The summed E-state index contributed by atoms with van der Waals surface area (Å²) in [5, 5.41) is 15.6. The largest absolute Gasteiger partial charge is 0.468 e. The Morgan fingerprint density at radius 1 is 1.42 bits per heavy atom. The number of hydrogen-bond donors (Lipinski definition) is 2. The fourth-order valence-corrected chi connectivity index (χ4v) is 7.49. The number of para-hydroxylation sites is 1. The number of aliphatic hydroxyl groups excluding tert-OH is 1. The van der Waals surface area contributed by atoms with Crippen LogP contribution in [0.4, 0.5) is 5.69 Å². The number of nitrogens with zero attached hydrogens (tertiary/aromatic N) is 1. The number of allylic oxidation sites excluding steroid dienone is 1. The number of aliphatic hydroxyl groups is 1. The summed E-state index contributed by atoms with van der Waals surface area (Å²) in [6.07, 6.45) is 3.15. The Morgan fingerprint density at radius 2 is 2.23 bits per heavy atom. The monoisotopic (exact) mass is 352 g/mol. The molecule has 0 amide bonds. The van der Waals surface area contributed by atoms with Gasteiger partial charge in [-0.1, -0.05) is 29.8 Å². The van der Waals surface area contributed by atoms with Crippen LogP contribution in [0.25, 0.3) is 0 Å². The Labute approximate surface area is 153 Å². The number of nitrogens with one attached hydrogen (secondary N) is 1. The van der Waals surface area contributed by atoms with Crippen LogP contribution in [0.1, 0.15) is 25.3 Å². The van der Waals surface area contributed by atoms with Crippen LogP contribution in [0.15, 0.2) is 35.9 Å². The maximum absolute atomic E-state index is 13.2. The van der Waals surface area contributed by atoms with Crippen molar-refractivity contribution in [1.29, 1.82) is 0 Å². The van der Waals surface area contributed by atoms with E-state index in [2.05, 4.69) is 35.3 Å². The van der Waals surface area contributed by atoms with E-state index >= 15 is 0 Å². The zero-order valence-electron chi connectivity index (χ0n) is 15.1. The van der Waals surface area contributed by atoms with Crippen LogP contribution < -0.4 is 5.32 Å². The molecule has 1 aliphatic carbocycles. The second-order valence-corrected chi connectivity index (χ2v) is 8.65. The molecule has 1 aromatic carbocycles. The molecule has 5 nitrogen and oxygen atoms in total. The molecule has 1 aromatic rings. The van der Waals surface area contributed by atoms with Crippen LogP contribution in [0.5, 0.6) is 0 Å². The van der Waals surface area contributed by atoms with Crippen LogP contribution in [-0.2, 0) is 14.9 Å². The van der Waals surface area contributed by atoms with Gasteiger partial charge in [0.2, 0.25) is 0 Å². The molecule has 0 aromatic heterocycles. The van der Waals surface area contributed by atoms with Crippen molar-refractivity contribution in [3.63, 3.8) is 0 Å². The molecular formula is C21H24N2O3. The van der Waals surface area contributed by atoms with Crippen molar-refractivity contribution in [3.8, 4) is 0 Å². The molecule has 1 unspecified atom stereocenters. The predicted molar refractivity (Wildman–Crippen MR) is 96.7 cm³/mol. The first kappa shape index (κ1) is 15.2. The van der Waals surface area contributed by atoms with Gasteiger partial charge in [0.05, 0.1) is 19.3 Å². The van der Waals surface area contributed by atoms with Crippen molar-refractivity contribution < 1.29 is 14.6 Å². The third-order valence-corrected chi connectivity index (χ3v) is 8.30. The summed E-state index contributed by atoms with van der Waals surface area (Å²) in [4.78, 5) is 15.7. The van der Waals surface area contributed by atoms with Gasteiger partial charge in [-0.25, -0.2) is 0 Å². The highest BCUT2D eigenvalue weighted by Gasteiger charge is 2.82. The van der Waals surface area contributed by atoms with E-state index in [1.54, 1.807) is 0 Å². The number of esters is 1. The SMILES string of the molecule is C/C=C1\CN2[C@H]3C[C@@]45c6ccccc6N[C@H]4[C@@H]2C[C@@H]1[C@]3(C(=O)OC)[C@H]5O. The lowest BCUT2D eigenvalue weighted by atomic mass is 9.58. The molecule has 2 N–H and O–H groups in total. The third-order valence-electron chi connectivity index (χ3n) is 8.30. The Kier molecular flexibility index (Phi) is 2.65. The Hall–Kier alpha value is -1.85. The molecule has 5 fully saturated rings. The number of piperidine rings is 4. The molecule has 8 atom stereocenters. The molecule has 1 spiro atoms. The molecule has 5 heteroatoms. The van der Waals surface area contributed by atoms with Gasteiger partial charge < -0.3 is 15.2 Å². The van der Waals surface area contributed by atoms with Crippen molar-refractivity contribution in [1.82, 2.24) is 4.90 Å². The van der Waals surface area contributed by atoms with Crippen LogP contribution >= 0.6 is 0 Å². The maximum atomic E-state index is 13.2. The average molecular weight is 352 g/mol. The van der Waals surface area contributed by atoms with Gasteiger partial charge in [0.25, 0.3) is 0 Å². The second kappa shape index (κ2) is 4.52. The van der Waals surface area contributed by atoms with E-state index in [0.29, 0.717) is 6.04 Å². The zero-order valence-corrected chi connectivity index (χ0v) is 15.1. The van der Waals surface area contributed by atoms with Gasteiger partial charge in [-0.3, -0.25) is 9.69 Å². The molecule has 7 rings (SSSR count). The predicted octanol–water partition coefficient (Wildman–Crippen LogP) is 1.68. The Bertz CT molecular complexity index is 867. The minimum atomic E-state index is -0.848. The number of fused-ring (bicyclic) bond motifs is 2. The summed E-state index contributed by atoms with van der Waals surface area (Å²) in [7, 11) is 1.46. The molecule has 5 aliphatic heterocycles. The second-order valence-electron chi connectivity index (χ2n) is 8.65. The summed E-state index contributed by atoms with van der Waals surface area (Å²) in [6.45, 7) is 2.96. The number of carbonyl (C=O) groups is 1. The normalized spacial score (nSPS) is 50.5. The lowest BCUT2D eigenvalue weighted by Gasteiger charge is -2.60. The summed E-state index contributed by atoms with van der Waals surface area (Å²) in [5.74, 6) is -0.154. The van der Waals surface area contributed by atoms with E-state index in [9.17, 15) is 9.90 Å². The molecule has 1 saturated carbocycles. The van der Waals surface area contributed by atoms with Gasteiger partial charge in [-0.2, -0.15) is 0 Å². The molecule has 5 bridgehead atoms. The van der Waals surface area contributed by atoms with Crippen LogP contribution in [0, 0.1) is 11.3 Å². The van der Waals surface area contributed by atoms with E-state index in [-0.39, 0.29) is 24.0 Å². The van der Waals surface area contributed by atoms with Gasteiger partial charge in [0.15, 0.2) is 0 Å². The summed E-state index contributed by atoms with van der Waals surface area (Å²) < 4.78 is 5.34. The minimum absolute atomic E-state index is 0.0570. The van der Waals surface area contributed by atoms with Crippen LogP contribution in [-0.4, -0.2) is 53.9 Å². The van der Waals surface area contributed by atoms with E-state index in [4.69, 9.17) is 4.74 Å². The molecule has 4 saturated heterocycles. The number of methoxy groups -OCH3 is 1. The fraction of sp³-hybridized carbons (Fsp3) is 0.571. The first-order valence-corrected chi connectivity index (χ1v) is 9.64. The van der Waals surface area contributed by atoms with Crippen molar-refractivity contribution in [2.24, 2.45) is 11.3 Å². The standard InChI is InChI=1S/C21H24N2O3/c1-3-11-10-23-15-8-13(11)21(19(25)26-2)16(23)9-20(18(21)24)12-6-4-5-7-14(12)22-17(15)20/h3-7,13,15-18,22,24H,8-10H2,1-2H3/b11-3+/t13-,15-,16-,17-,18-,20+,21+/m0/s1. The lowest BCUT2D eigenvalue weighted by molar-refractivity contribution is -0.179. The van der Waals surface area contributed by atoms with Crippen LogP contribution in [0.2, 0.25) is 0 Å². The highest BCUT2D eigenvalue weighted by atomic mass is 16.5. The minimum Gasteiger partial charge on any atom is -0.468 e. The first-order chi connectivity index (χ1) is 12.6. The third kappa shape index (κ3) is 1.28. The molecule has 5 heterocycles. The van der Waals surface area contributed by atoms with E-state index in [1.165, 1.54) is 18.2 Å². The van der Waals surface area contributed by atoms with Crippen molar-refractivity contribution in [2.75, 3.05) is 19.0 Å². The van der Waals surface area contributed by atoms with E-state index in [0.717, 1.165) is 25.1 Å². The number of carbonyl (C=O) groups excluding carboxylic acids is 1. The molecule has 6 aliphatic rings. The highest BCUT2D eigenvalue weighted by molar-refractivity contribution is 5.84. The Balaban J connectivity index is 1.65. The van der Waals surface area contributed by atoms with Crippen molar-refractivity contribution in [3.05, 3.63) is 41.5 Å². The molecular weight excluding hydrogens is 328 g/mol. The number of rotatable bonds is 1. The van der Waals surface area contributed by atoms with Gasteiger partial charge in [0.1, 0.15) is 5.41 Å². The van der Waals surface area contributed by atoms with Crippen molar-refractivity contribution in [2.45, 2.75) is 49.4 Å². The van der Waals surface area contributed by atoms with Crippen LogP contribution in [0.3, 0.4) is 0 Å². The smallest absolute Gasteiger partial charge is 0.316 e. The van der Waals surface area contributed by atoms with Crippen molar-refractivity contribution >= 4 is 11.7 Å².